The van der Waals surface area contributed by atoms with E-state index in [-0.39, 0.29) is 5.57 Å². The molecular weight excluding hydrogens is 262 g/mol. The zero-order valence-corrected chi connectivity index (χ0v) is 12.1. The highest BCUT2D eigenvalue weighted by Crippen LogP contribution is 2.13. The number of amides is 1. The molecule has 0 fully saturated rings. The summed E-state index contributed by atoms with van der Waals surface area (Å²) in [6.07, 6.45) is 3.52. The molecule has 0 bridgehead atoms. The molecule has 106 valence electrons. The summed E-state index contributed by atoms with van der Waals surface area (Å²) in [5.74, 6) is -0.398. The van der Waals surface area contributed by atoms with E-state index in [4.69, 9.17) is 0 Å². The maximum absolute atomic E-state index is 12.1. The number of nitriles is 1. The Morgan fingerprint density at radius 3 is 2.67 bits per heavy atom. The van der Waals surface area contributed by atoms with E-state index in [2.05, 4.69) is 5.32 Å². The van der Waals surface area contributed by atoms with Crippen LogP contribution in [0.1, 0.15) is 18.2 Å². The Labute approximate surface area is 124 Å². The lowest BCUT2D eigenvalue weighted by Gasteiger charge is -2.05. The van der Waals surface area contributed by atoms with E-state index in [1.165, 1.54) is 0 Å². The van der Waals surface area contributed by atoms with Crippen LogP contribution in [-0.2, 0) is 11.3 Å². The number of aromatic nitrogens is 1. The van der Waals surface area contributed by atoms with Gasteiger partial charge >= 0.3 is 0 Å². The van der Waals surface area contributed by atoms with Crippen molar-refractivity contribution in [3.8, 4) is 6.07 Å². The number of nitrogens with one attached hydrogen (secondary N) is 1. The highest BCUT2D eigenvalue weighted by atomic mass is 16.1. The van der Waals surface area contributed by atoms with Gasteiger partial charge in [-0.2, -0.15) is 5.26 Å². The molecule has 0 atom stereocenters. The van der Waals surface area contributed by atoms with Gasteiger partial charge in [0.15, 0.2) is 0 Å². The maximum Gasteiger partial charge on any atom is 0.266 e. The van der Waals surface area contributed by atoms with Gasteiger partial charge in [0.2, 0.25) is 0 Å². The molecule has 21 heavy (non-hydrogen) atoms. The summed E-state index contributed by atoms with van der Waals surface area (Å²) in [6, 6.07) is 13.2. The Bertz CT molecular complexity index is 702. The van der Waals surface area contributed by atoms with Crippen molar-refractivity contribution in [1.82, 2.24) is 4.57 Å². The number of rotatable bonds is 4. The van der Waals surface area contributed by atoms with Crippen molar-refractivity contribution in [3.63, 3.8) is 0 Å². The molecule has 0 aliphatic heterocycles. The van der Waals surface area contributed by atoms with Gasteiger partial charge in [0, 0.05) is 24.1 Å². The van der Waals surface area contributed by atoms with Gasteiger partial charge in [-0.05, 0) is 44.2 Å². The quantitative estimate of drug-likeness (QED) is 0.689. The van der Waals surface area contributed by atoms with Gasteiger partial charge in [-0.25, -0.2) is 0 Å². The minimum atomic E-state index is -0.398. The fraction of sp³-hybridized carbons (Fsp3) is 0.176. The second-order valence-corrected chi connectivity index (χ2v) is 4.71. The summed E-state index contributed by atoms with van der Waals surface area (Å²) in [5, 5.41) is 11.9. The number of nitrogens with zero attached hydrogens (tertiary/aromatic N) is 2. The lowest BCUT2D eigenvalue weighted by molar-refractivity contribution is -0.112. The standard InChI is InChI=1S/C17H17N3O/c1-3-20-10-4-5-16(20)11-14(12-18)17(21)19-15-8-6-13(2)7-9-15/h4-11H,3H2,1-2H3,(H,19,21)/b14-11-. The molecule has 0 spiro atoms. The summed E-state index contributed by atoms with van der Waals surface area (Å²) in [4.78, 5) is 12.1. The monoisotopic (exact) mass is 279 g/mol. The largest absolute Gasteiger partial charge is 0.348 e. The van der Waals surface area contributed by atoms with E-state index in [1.54, 1.807) is 6.08 Å². The molecule has 1 aromatic carbocycles. The predicted octanol–water partition coefficient (Wildman–Crippen LogP) is 3.36. The van der Waals surface area contributed by atoms with Crippen molar-refractivity contribution in [1.29, 1.82) is 5.26 Å². The van der Waals surface area contributed by atoms with Gasteiger partial charge in [-0.3, -0.25) is 4.79 Å². The molecular formula is C17H17N3O. The van der Waals surface area contributed by atoms with Crippen LogP contribution in [0.25, 0.3) is 6.08 Å². The van der Waals surface area contributed by atoms with E-state index >= 15 is 0 Å². The fourth-order valence-corrected chi connectivity index (χ4v) is 1.98. The Hall–Kier alpha value is -2.80. The number of aryl methyl sites for hydroxylation is 2. The summed E-state index contributed by atoms with van der Waals surface area (Å²) < 4.78 is 1.97. The van der Waals surface area contributed by atoms with Gasteiger partial charge in [-0.1, -0.05) is 17.7 Å². The lowest BCUT2D eigenvalue weighted by atomic mass is 10.2. The van der Waals surface area contributed by atoms with Crippen molar-refractivity contribution in [2.75, 3.05) is 5.32 Å². The van der Waals surface area contributed by atoms with Gasteiger partial charge in [0.05, 0.1) is 0 Å². The number of carbonyl (C=O) groups excluding carboxylic acids is 1. The highest BCUT2D eigenvalue weighted by Gasteiger charge is 2.10. The zero-order valence-electron chi connectivity index (χ0n) is 12.1. The van der Waals surface area contributed by atoms with Crippen LogP contribution in [0, 0.1) is 18.3 Å². The first-order valence-corrected chi connectivity index (χ1v) is 6.79. The Kier molecular flexibility index (Phi) is 4.57. The third-order valence-corrected chi connectivity index (χ3v) is 3.17. The van der Waals surface area contributed by atoms with Crippen LogP contribution >= 0.6 is 0 Å². The number of hydrogen-bond donors (Lipinski definition) is 1. The molecule has 2 rings (SSSR count). The minimum Gasteiger partial charge on any atom is -0.348 e. The second-order valence-electron chi connectivity index (χ2n) is 4.71. The molecule has 4 heteroatoms. The zero-order chi connectivity index (χ0) is 15.2. The molecule has 0 saturated carbocycles. The summed E-state index contributed by atoms with van der Waals surface area (Å²) in [5.41, 5.74) is 2.72. The average Bonchev–Trinajstić information content (AvgIpc) is 2.94. The number of benzene rings is 1. The molecule has 0 aliphatic carbocycles. The predicted molar refractivity (Wildman–Crippen MR) is 83.5 cm³/mol. The van der Waals surface area contributed by atoms with Crippen LogP contribution in [0.2, 0.25) is 0 Å². The van der Waals surface area contributed by atoms with Crippen LogP contribution in [0.15, 0.2) is 48.2 Å². The van der Waals surface area contributed by atoms with Crippen molar-refractivity contribution in [3.05, 3.63) is 59.4 Å². The maximum atomic E-state index is 12.1. The molecule has 0 saturated heterocycles. The van der Waals surface area contributed by atoms with Crippen LogP contribution in [-0.4, -0.2) is 10.5 Å². The number of anilines is 1. The van der Waals surface area contributed by atoms with Gasteiger partial charge in [0.1, 0.15) is 11.6 Å². The molecule has 0 radical (unpaired) electrons. The highest BCUT2D eigenvalue weighted by molar-refractivity contribution is 6.09. The van der Waals surface area contributed by atoms with E-state index in [0.29, 0.717) is 5.69 Å². The number of carbonyl (C=O) groups is 1. The molecule has 4 nitrogen and oxygen atoms in total. The second kappa shape index (κ2) is 6.58. The molecule has 2 aromatic rings. The Morgan fingerprint density at radius 2 is 2.05 bits per heavy atom. The van der Waals surface area contributed by atoms with Crippen LogP contribution < -0.4 is 5.32 Å². The molecule has 1 amide bonds. The van der Waals surface area contributed by atoms with Crippen molar-refractivity contribution in [2.24, 2.45) is 0 Å². The SMILES string of the molecule is CCn1cccc1/C=C(/C#N)C(=O)Nc1ccc(C)cc1. The van der Waals surface area contributed by atoms with Gasteiger partial charge < -0.3 is 9.88 Å². The third-order valence-electron chi connectivity index (χ3n) is 3.17. The average molecular weight is 279 g/mol. The van der Waals surface area contributed by atoms with Gasteiger partial charge in [0.25, 0.3) is 5.91 Å². The first kappa shape index (κ1) is 14.6. The molecule has 1 N–H and O–H groups in total. The third kappa shape index (κ3) is 3.61. The minimum absolute atomic E-state index is 0.0870. The lowest BCUT2D eigenvalue weighted by Crippen LogP contribution is -2.13. The van der Waals surface area contributed by atoms with E-state index in [0.717, 1.165) is 17.8 Å². The van der Waals surface area contributed by atoms with Crippen LogP contribution in [0.5, 0.6) is 0 Å². The van der Waals surface area contributed by atoms with E-state index in [9.17, 15) is 10.1 Å². The first-order valence-electron chi connectivity index (χ1n) is 6.79. The van der Waals surface area contributed by atoms with Crippen LogP contribution in [0.4, 0.5) is 5.69 Å². The summed E-state index contributed by atoms with van der Waals surface area (Å²) in [6.45, 7) is 4.78. The van der Waals surface area contributed by atoms with Gasteiger partial charge in [-0.15, -0.1) is 0 Å². The molecule has 1 aromatic heterocycles. The van der Waals surface area contributed by atoms with Crippen molar-refractivity contribution < 1.29 is 4.79 Å². The topological polar surface area (TPSA) is 57.8 Å². The normalized spacial score (nSPS) is 11.0. The summed E-state index contributed by atoms with van der Waals surface area (Å²) >= 11 is 0. The van der Waals surface area contributed by atoms with Crippen molar-refractivity contribution >= 4 is 17.7 Å². The van der Waals surface area contributed by atoms with E-state index in [1.807, 2.05) is 67.1 Å². The molecule has 1 heterocycles. The molecule has 0 unspecified atom stereocenters. The summed E-state index contributed by atoms with van der Waals surface area (Å²) in [7, 11) is 0. The molecule has 0 aliphatic rings. The fourth-order valence-electron chi connectivity index (χ4n) is 1.98. The van der Waals surface area contributed by atoms with Crippen LogP contribution in [0.3, 0.4) is 0 Å². The number of hydrogen-bond acceptors (Lipinski definition) is 2. The Balaban J connectivity index is 2.19. The van der Waals surface area contributed by atoms with E-state index < -0.39 is 5.91 Å². The first-order chi connectivity index (χ1) is 10.1. The van der Waals surface area contributed by atoms with Crippen molar-refractivity contribution in [2.45, 2.75) is 20.4 Å². The Morgan fingerprint density at radius 1 is 1.33 bits per heavy atom. The smallest absolute Gasteiger partial charge is 0.266 e.